The third-order valence-corrected chi connectivity index (χ3v) is 5.78. The van der Waals surface area contributed by atoms with Crippen molar-refractivity contribution in [2.24, 2.45) is 11.7 Å². The first-order chi connectivity index (χ1) is 13.5. The Balaban J connectivity index is 1.38. The van der Waals surface area contributed by atoms with E-state index >= 15 is 0 Å². The normalized spacial score (nSPS) is 28.6. The molecule has 0 bridgehead atoms. The minimum absolute atomic E-state index is 0.00619. The Hall–Kier alpha value is -2.30. The number of carbonyl (C=O) groups is 1. The van der Waals surface area contributed by atoms with Crippen LogP contribution in [0.1, 0.15) is 44.8 Å². The molecule has 1 amide bonds. The van der Waals surface area contributed by atoms with Gasteiger partial charge >= 0.3 is 0 Å². The van der Waals surface area contributed by atoms with E-state index in [1.54, 1.807) is 4.57 Å². The fourth-order valence-electron chi connectivity index (χ4n) is 4.18. The Labute approximate surface area is 162 Å². The third kappa shape index (κ3) is 3.67. The van der Waals surface area contributed by atoms with E-state index in [1.807, 2.05) is 0 Å². The lowest BCUT2D eigenvalue weighted by Crippen LogP contribution is -2.43. The highest BCUT2D eigenvalue weighted by Crippen LogP contribution is 2.31. The number of aliphatic hydroxyl groups is 1. The van der Waals surface area contributed by atoms with Crippen molar-refractivity contribution in [3.63, 3.8) is 0 Å². The highest BCUT2D eigenvalue weighted by molar-refractivity contribution is 5.81. The van der Waals surface area contributed by atoms with Crippen molar-refractivity contribution in [2.45, 2.75) is 63.0 Å². The standard InChI is InChI=1S/C18H27N7O3/c19-13-15(27)11(7-21-12(26)6-10-4-2-1-3-5-10)28-18(13)25-9-24-14-16(20)22-8-23-17(14)25/h8-11,13,15,18,27H,1-7,19H2,(H,21,26)(H2,20,22,23)/t11-,13-,15-,18-/m1/s1. The molecule has 3 heterocycles. The predicted octanol–water partition coefficient (Wildman–Crippen LogP) is 0.0807. The number of fused-ring (bicyclic) bond motifs is 1. The molecular formula is C18H27N7O3. The Bertz CT molecular complexity index is 836. The van der Waals surface area contributed by atoms with Crippen molar-refractivity contribution in [2.75, 3.05) is 12.3 Å². The fourth-order valence-corrected chi connectivity index (χ4v) is 4.18. The zero-order valence-electron chi connectivity index (χ0n) is 15.7. The average molecular weight is 389 g/mol. The first-order valence-electron chi connectivity index (χ1n) is 9.83. The van der Waals surface area contributed by atoms with Crippen LogP contribution in [0.3, 0.4) is 0 Å². The summed E-state index contributed by atoms with van der Waals surface area (Å²) in [4.78, 5) is 24.6. The van der Waals surface area contributed by atoms with Gasteiger partial charge in [0.15, 0.2) is 17.7 Å². The van der Waals surface area contributed by atoms with Gasteiger partial charge in [-0.05, 0) is 18.8 Å². The van der Waals surface area contributed by atoms with Crippen LogP contribution < -0.4 is 16.8 Å². The number of nitrogens with two attached hydrogens (primary N) is 2. The zero-order chi connectivity index (χ0) is 19.7. The topological polar surface area (TPSA) is 154 Å². The zero-order valence-corrected chi connectivity index (χ0v) is 15.7. The summed E-state index contributed by atoms with van der Waals surface area (Å²) in [7, 11) is 0. The number of nitrogens with one attached hydrogen (secondary N) is 1. The number of hydrogen-bond acceptors (Lipinski definition) is 8. The number of amides is 1. The Morgan fingerprint density at radius 2 is 2.07 bits per heavy atom. The molecule has 10 heteroatoms. The summed E-state index contributed by atoms with van der Waals surface area (Å²) in [5, 5.41) is 13.4. The molecule has 1 saturated heterocycles. The van der Waals surface area contributed by atoms with Crippen LogP contribution in [0, 0.1) is 5.92 Å². The molecular weight excluding hydrogens is 362 g/mol. The van der Waals surface area contributed by atoms with Crippen molar-refractivity contribution < 1.29 is 14.6 Å². The van der Waals surface area contributed by atoms with E-state index in [-0.39, 0.29) is 18.3 Å². The lowest BCUT2D eigenvalue weighted by molar-refractivity contribution is -0.123. The van der Waals surface area contributed by atoms with Gasteiger partial charge in [0.2, 0.25) is 5.91 Å². The summed E-state index contributed by atoms with van der Waals surface area (Å²) >= 11 is 0. The van der Waals surface area contributed by atoms with Crippen LogP contribution in [0.5, 0.6) is 0 Å². The number of ether oxygens (including phenoxy) is 1. The summed E-state index contributed by atoms with van der Waals surface area (Å²) in [6.07, 6.45) is 7.10. The summed E-state index contributed by atoms with van der Waals surface area (Å²) < 4.78 is 7.59. The van der Waals surface area contributed by atoms with E-state index in [0.29, 0.717) is 23.5 Å². The second kappa shape index (κ2) is 7.98. The van der Waals surface area contributed by atoms with Gasteiger partial charge in [-0.3, -0.25) is 9.36 Å². The van der Waals surface area contributed by atoms with Gasteiger partial charge in [-0.2, -0.15) is 0 Å². The number of carbonyl (C=O) groups excluding carboxylic acids is 1. The van der Waals surface area contributed by atoms with Gasteiger partial charge < -0.3 is 26.6 Å². The van der Waals surface area contributed by atoms with Crippen LogP contribution in [0.15, 0.2) is 12.7 Å². The molecule has 0 spiro atoms. The van der Waals surface area contributed by atoms with Gasteiger partial charge in [-0.25, -0.2) is 15.0 Å². The first-order valence-corrected chi connectivity index (χ1v) is 9.83. The Morgan fingerprint density at radius 1 is 1.29 bits per heavy atom. The molecule has 4 rings (SSSR count). The second-order valence-electron chi connectivity index (χ2n) is 7.73. The lowest BCUT2D eigenvalue weighted by atomic mass is 9.87. The molecule has 0 aromatic carbocycles. The molecule has 152 valence electrons. The molecule has 1 aliphatic heterocycles. The van der Waals surface area contributed by atoms with E-state index in [0.717, 1.165) is 12.8 Å². The molecule has 0 radical (unpaired) electrons. The first kappa shape index (κ1) is 19.0. The van der Waals surface area contributed by atoms with Gasteiger partial charge in [0.1, 0.15) is 24.1 Å². The van der Waals surface area contributed by atoms with Crippen LogP contribution in [0.25, 0.3) is 11.2 Å². The van der Waals surface area contributed by atoms with Crippen LogP contribution in [0.2, 0.25) is 0 Å². The van der Waals surface area contributed by atoms with Gasteiger partial charge in [-0.1, -0.05) is 19.3 Å². The smallest absolute Gasteiger partial charge is 0.220 e. The average Bonchev–Trinajstić information content (AvgIpc) is 3.24. The van der Waals surface area contributed by atoms with Crippen molar-refractivity contribution in [3.05, 3.63) is 12.7 Å². The highest BCUT2D eigenvalue weighted by atomic mass is 16.5. The summed E-state index contributed by atoms with van der Waals surface area (Å²) in [5.41, 5.74) is 12.9. The monoisotopic (exact) mass is 389 g/mol. The van der Waals surface area contributed by atoms with E-state index in [4.69, 9.17) is 16.2 Å². The molecule has 6 N–H and O–H groups in total. The SMILES string of the molecule is Nc1ncnc2c1ncn2[C@@H]1O[C@H](CNC(=O)CC2CCCCC2)[C@@H](O)[C@H]1N. The summed E-state index contributed by atoms with van der Waals surface area (Å²) in [5.74, 6) is 0.719. The molecule has 1 aliphatic carbocycles. The minimum atomic E-state index is -0.920. The molecule has 28 heavy (non-hydrogen) atoms. The Morgan fingerprint density at radius 3 is 2.86 bits per heavy atom. The highest BCUT2D eigenvalue weighted by Gasteiger charge is 2.43. The van der Waals surface area contributed by atoms with Gasteiger partial charge in [0.25, 0.3) is 0 Å². The number of hydrogen-bond donors (Lipinski definition) is 4. The number of nitrogen functional groups attached to an aromatic ring is 1. The van der Waals surface area contributed by atoms with Crippen LogP contribution in [0.4, 0.5) is 5.82 Å². The molecule has 4 atom stereocenters. The molecule has 2 fully saturated rings. The number of nitrogens with zero attached hydrogens (tertiary/aromatic N) is 4. The van der Waals surface area contributed by atoms with Crippen molar-refractivity contribution in [1.82, 2.24) is 24.8 Å². The number of aliphatic hydroxyl groups excluding tert-OH is 1. The number of rotatable bonds is 5. The lowest BCUT2D eigenvalue weighted by Gasteiger charge is -2.21. The van der Waals surface area contributed by atoms with Crippen LogP contribution in [-0.2, 0) is 9.53 Å². The maximum Gasteiger partial charge on any atom is 0.220 e. The van der Waals surface area contributed by atoms with Crippen LogP contribution >= 0.6 is 0 Å². The number of imidazole rings is 1. The van der Waals surface area contributed by atoms with Crippen LogP contribution in [-0.4, -0.2) is 55.3 Å². The number of anilines is 1. The van der Waals surface area contributed by atoms with E-state index in [9.17, 15) is 9.90 Å². The summed E-state index contributed by atoms with van der Waals surface area (Å²) in [6, 6.07) is -0.686. The van der Waals surface area contributed by atoms with E-state index in [1.165, 1.54) is 31.9 Å². The van der Waals surface area contributed by atoms with Gasteiger partial charge in [-0.15, -0.1) is 0 Å². The molecule has 2 aromatic heterocycles. The van der Waals surface area contributed by atoms with E-state index in [2.05, 4.69) is 20.3 Å². The maximum absolute atomic E-state index is 12.3. The van der Waals surface area contributed by atoms with Crippen molar-refractivity contribution in [3.8, 4) is 0 Å². The maximum atomic E-state index is 12.3. The summed E-state index contributed by atoms with van der Waals surface area (Å²) in [6.45, 7) is 0.209. The molecule has 1 saturated carbocycles. The van der Waals surface area contributed by atoms with Crippen molar-refractivity contribution in [1.29, 1.82) is 0 Å². The van der Waals surface area contributed by atoms with Gasteiger partial charge in [0.05, 0.1) is 12.4 Å². The minimum Gasteiger partial charge on any atom is -0.389 e. The quantitative estimate of drug-likeness (QED) is 0.560. The fraction of sp³-hybridized carbons (Fsp3) is 0.667. The molecule has 0 unspecified atom stereocenters. The second-order valence-corrected chi connectivity index (χ2v) is 7.73. The number of aromatic nitrogens is 4. The molecule has 10 nitrogen and oxygen atoms in total. The largest absolute Gasteiger partial charge is 0.389 e. The van der Waals surface area contributed by atoms with Crippen molar-refractivity contribution >= 4 is 22.9 Å². The third-order valence-electron chi connectivity index (χ3n) is 5.78. The van der Waals surface area contributed by atoms with E-state index < -0.39 is 24.5 Å². The Kier molecular flexibility index (Phi) is 5.42. The predicted molar refractivity (Wildman–Crippen MR) is 102 cm³/mol. The molecule has 2 aliphatic rings. The van der Waals surface area contributed by atoms with Gasteiger partial charge in [0, 0.05) is 13.0 Å². The molecule has 2 aromatic rings.